The molecule has 0 aliphatic rings. The van der Waals surface area contributed by atoms with Gasteiger partial charge in [0.25, 0.3) is 0 Å². The Morgan fingerprint density at radius 1 is 1.31 bits per heavy atom. The third kappa shape index (κ3) is 1.74. The first kappa shape index (κ1) is 10.9. The van der Waals surface area contributed by atoms with E-state index in [1.54, 1.807) is 0 Å². The van der Waals surface area contributed by atoms with Gasteiger partial charge in [-0.2, -0.15) is 0 Å². The van der Waals surface area contributed by atoms with Gasteiger partial charge in [0.2, 0.25) is 5.78 Å². The smallest absolute Gasteiger partial charge is 0.207 e. The van der Waals surface area contributed by atoms with E-state index < -0.39 is 17.4 Å². The number of halogens is 2. The van der Waals surface area contributed by atoms with Crippen molar-refractivity contribution < 1.29 is 13.6 Å². The van der Waals surface area contributed by atoms with Crippen LogP contribution in [0, 0.1) is 18.6 Å². The molecule has 1 aromatic carbocycles. The van der Waals surface area contributed by atoms with E-state index in [0.717, 1.165) is 11.3 Å². The SMILES string of the molecule is Cc1ccc(C(=O)c2cncs2)c(F)c1F. The number of hydrogen-bond acceptors (Lipinski definition) is 3. The van der Waals surface area contributed by atoms with Gasteiger partial charge in [-0.15, -0.1) is 11.3 Å². The molecular formula is C11H7F2NOS. The molecule has 0 saturated heterocycles. The third-order valence-corrected chi connectivity index (χ3v) is 2.95. The minimum Gasteiger partial charge on any atom is -0.288 e. The molecular weight excluding hydrogens is 232 g/mol. The van der Waals surface area contributed by atoms with Crippen LogP contribution >= 0.6 is 11.3 Å². The van der Waals surface area contributed by atoms with Crippen LogP contribution in [0.3, 0.4) is 0 Å². The van der Waals surface area contributed by atoms with E-state index in [9.17, 15) is 13.6 Å². The number of nitrogens with zero attached hydrogens (tertiary/aromatic N) is 1. The fourth-order valence-corrected chi connectivity index (χ4v) is 1.86. The number of ketones is 1. The zero-order valence-electron chi connectivity index (χ0n) is 8.33. The minimum atomic E-state index is -1.10. The minimum absolute atomic E-state index is 0.179. The summed E-state index contributed by atoms with van der Waals surface area (Å²) in [6, 6.07) is 2.67. The van der Waals surface area contributed by atoms with Crippen molar-refractivity contribution >= 4 is 17.1 Å². The Labute approximate surface area is 94.6 Å². The first-order valence-electron chi connectivity index (χ1n) is 4.49. The van der Waals surface area contributed by atoms with Crippen LogP contribution in [0.25, 0.3) is 0 Å². The predicted octanol–water partition coefficient (Wildman–Crippen LogP) is 2.96. The van der Waals surface area contributed by atoms with Crippen LogP contribution < -0.4 is 0 Å². The van der Waals surface area contributed by atoms with Crippen molar-refractivity contribution in [3.05, 3.63) is 51.5 Å². The lowest BCUT2D eigenvalue weighted by molar-refractivity contribution is 0.103. The highest BCUT2D eigenvalue weighted by Crippen LogP contribution is 2.20. The molecule has 2 rings (SSSR count). The fourth-order valence-electron chi connectivity index (χ4n) is 1.28. The first-order chi connectivity index (χ1) is 7.61. The maximum absolute atomic E-state index is 13.5. The van der Waals surface area contributed by atoms with Gasteiger partial charge in [-0.1, -0.05) is 6.07 Å². The highest BCUT2D eigenvalue weighted by Gasteiger charge is 2.19. The summed E-state index contributed by atoms with van der Waals surface area (Å²) in [4.78, 5) is 15.8. The van der Waals surface area contributed by atoms with E-state index in [2.05, 4.69) is 4.98 Å². The Balaban J connectivity index is 2.50. The Bertz CT molecular complexity index is 537. The normalized spacial score (nSPS) is 10.4. The van der Waals surface area contributed by atoms with E-state index in [0.29, 0.717) is 4.88 Å². The Morgan fingerprint density at radius 3 is 2.69 bits per heavy atom. The van der Waals surface area contributed by atoms with E-state index in [1.165, 1.54) is 30.8 Å². The molecule has 0 unspecified atom stereocenters. The number of hydrogen-bond donors (Lipinski definition) is 0. The van der Waals surface area contributed by atoms with Gasteiger partial charge in [-0.3, -0.25) is 9.78 Å². The molecule has 0 fully saturated rings. The summed E-state index contributed by atoms with van der Waals surface area (Å²) in [6.07, 6.45) is 1.34. The van der Waals surface area contributed by atoms with Gasteiger partial charge in [0.05, 0.1) is 16.0 Å². The summed E-state index contributed by atoms with van der Waals surface area (Å²) in [5.41, 5.74) is 1.39. The van der Waals surface area contributed by atoms with Crippen LogP contribution in [0.4, 0.5) is 8.78 Å². The van der Waals surface area contributed by atoms with E-state index in [1.807, 2.05) is 0 Å². The van der Waals surface area contributed by atoms with Crippen molar-refractivity contribution in [2.75, 3.05) is 0 Å². The van der Waals surface area contributed by atoms with Gasteiger partial charge in [0, 0.05) is 6.20 Å². The zero-order valence-corrected chi connectivity index (χ0v) is 9.15. The van der Waals surface area contributed by atoms with Gasteiger partial charge in [0.1, 0.15) is 0 Å². The molecule has 0 aliphatic carbocycles. The fraction of sp³-hybridized carbons (Fsp3) is 0.0909. The third-order valence-electron chi connectivity index (χ3n) is 2.18. The molecule has 0 aliphatic heterocycles. The van der Waals surface area contributed by atoms with Gasteiger partial charge in [0.15, 0.2) is 11.6 Å². The van der Waals surface area contributed by atoms with Crippen molar-refractivity contribution in [2.45, 2.75) is 6.92 Å². The van der Waals surface area contributed by atoms with Crippen molar-refractivity contribution in [2.24, 2.45) is 0 Å². The second-order valence-corrected chi connectivity index (χ2v) is 4.14. The van der Waals surface area contributed by atoms with E-state index in [4.69, 9.17) is 0 Å². The molecule has 2 aromatic rings. The summed E-state index contributed by atoms with van der Waals surface area (Å²) in [5, 5.41) is 0. The second-order valence-electron chi connectivity index (χ2n) is 3.25. The van der Waals surface area contributed by atoms with Crippen molar-refractivity contribution in [3.63, 3.8) is 0 Å². The molecule has 16 heavy (non-hydrogen) atoms. The van der Waals surface area contributed by atoms with Gasteiger partial charge in [-0.25, -0.2) is 8.78 Å². The Kier molecular flexibility index (Phi) is 2.78. The Morgan fingerprint density at radius 2 is 2.06 bits per heavy atom. The van der Waals surface area contributed by atoms with E-state index in [-0.39, 0.29) is 11.1 Å². The van der Waals surface area contributed by atoms with Gasteiger partial charge in [-0.05, 0) is 18.6 Å². The monoisotopic (exact) mass is 239 g/mol. The number of carbonyl (C=O) groups is 1. The van der Waals surface area contributed by atoms with Crippen LogP contribution in [0.5, 0.6) is 0 Å². The number of thiazole rings is 1. The lowest BCUT2D eigenvalue weighted by atomic mass is 10.1. The standard InChI is InChI=1S/C11H7F2NOS/c1-6-2-3-7(10(13)9(6)12)11(15)8-4-14-5-16-8/h2-5H,1H3. The molecule has 0 bridgehead atoms. The quantitative estimate of drug-likeness (QED) is 0.754. The summed E-state index contributed by atoms with van der Waals surface area (Å²) in [5.74, 6) is -2.62. The van der Waals surface area contributed by atoms with Crippen LogP contribution in [-0.4, -0.2) is 10.8 Å². The number of aryl methyl sites for hydroxylation is 1. The molecule has 0 radical (unpaired) electrons. The number of rotatable bonds is 2. The van der Waals surface area contributed by atoms with Crippen LogP contribution in [0.2, 0.25) is 0 Å². The second kappa shape index (κ2) is 4.09. The summed E-state index contributed by atoms with van der Waals surface area (Å²) < 4.78 is 26.7. The topological polar surface area (TPSA) is 30.0 Å². The largest absolute Gasteiger partial charge is 0.288 e. The number of aromatic nitrogens is 1. The van der Waals surface area contributed by atoms with E-state index >= 15 is 0 Å². The highest BCUT2D eigenvalue weighted by atomic mass is 32.1. The average molecular weight is 239 g/mol. The predicted molar refractivity (Wildman–Crippen MR) is 56.6 cm³/mol. The van der Waals surface area contributed by atoms with Crippen LogP contribution in [0.15, 0.2) is 23.8 Å². The molecule has 0 atom stereocenters. The number of carbonyl (C=O) groups excluding carboxylic acids is 1. The molecule has 1 aromatic heterocycles. The molecule has 0 spiro atoms. The van der Waals surface area contributed by atoms with Crippen LogP contribution in [0.1, 0.15) is 20.8 Å². The lowest BCUT2D eigenvalue weighted by Gasteiger charge is -2.03. The number of benzene rings is 1. The van der Waals surface area contributed by atoms with Gasteiger partial charge >= 0.3 is 0 Å². The maximum Gasteiger partial charge on any atom is 0.207 e. The lowest BCUT2D eigenvalue weighted by Crippen LogP contribution is -2.05. The summed E-state index contributed by atoms with van der Waals surface area (Å²) in [7, 11) is 0. The zero-order chi connectivity index (χ0) is 11.7. The Hall–Kier alpha value is -1.62. The highest BCUT2D eigenvalue weighted by molar-refractivity contribution is 7.11. The molecule has 5 heteroatoms. The molecule has 82 valence electrons. The summed E-state index contributed by atoms with van der Waals surface area (Å²) in [6.45, 7) is 1.44. The van der Waals surface area contributed by atoms with Crippen molar-refractivity contribution in [1.82, 2.24) is 4.98 Å². The molecule has 1 heterocycles. The van der Waals surface area contributed by atoms with Crippen LogP contribution in [-0.2, 0) is 0 Å². The molecule has 0 amide bonds. The van der Waals surface area contributed by atoms with Gasteiger partial charge < -0.3 is 0 Å². The molecule has 0 N–H and O–H groups in total. The van der Waals surface area contributed by atoms with Crippen molar-refractivity contribution in [3.8, 4) is 0 Å². The first-order valence-corrected chi connectivity index (χ1v) is 5.37. The summed E-state index contributed by atoms with van der Waals surface area (Å²) >= 11 is 1.09. The molecule has 2 nitrogen and oxygen atoms in total. The van der Waals surface area contributed by atoms with Crippen molar-refractivity contribution in [1.29, 1.82) is 0 Å². The average Bonchev–Trinajstić information content (AvgIpc) is 2.79. The molecule has 0 saturated carbocycles. The maximum atomic E-state index is 13.5.